The summed E-state index contributed by atoms with van der Waals surface area (Å²) in [4.78, 5) is 24.3. The van der Waals surface area contributed by atoms with Crippen molar-refractivity contribution in [2.24, 2.45) is 4.99 Å². The van der Waals surface area contributed by atoms with E-state index in [0.29, 0.717) is 21.7 Å². The van der Waals surface area contributed by atoms with Gasteiger partial charge in [-0.2, -0.15) is 0 Å². The van der Waals surface area contributed by atoms with E-state index in [1.165, 1.54) is 11.3 Å². The first-order valence-electron chi connectivity index (χ1n) is 9.53. The first kappa shape index (κ1) is 19.5. The SMILES string of the molecule is COc1ccc(C=C2N=C(c3ccccc3)N(c3nc4cc(Cl)ccc4s3)C2=O)cc1. The maximum atomic E-state index is 13.4. The largest absolute Gasteiger partial charge is 0.497 e. The van der Waals surface area contributed by atoms with Gasteiger partial charge >= 0.3 is 0 Å². The van der Waals surface area contributed by atoms with Gasteiger partial charge in [0.1, 0.15) is 17.3 Å². The van der Waals surface area contributed by atoms with Gasteiger partial charge in [0.15, 0.2) is 5.13 Å². The van der Waals surface area contributed by atoms with Crippen LogP contribution in [0.2, 0.25) is 5.02 Å². The minimum absolute atomic E-state index is 0.222. The molecule has 1 amide bonds. The van der Waals surface area contributed by atoms with E-state index in [1.54, 1.807) is 24.2 Å². The second-order valence-electron chi connectivity index (χ2n) is 6.85. The summed E-state index contributed by atoms with van der Waals surface area (Å²) >= 11 is 7.55. The Labute approximate surface area is 187 Å². The molecule has 5 rings (SSSR count). The number of amidine groups is 1. The fourth-order valence-corrected chi connectivity index (χ4v) is 4.43. The summed E-state index contributed by atoms with van der Waals surface area (Å²) < 4.78 is 6.16. The van der Waals surface area contributed by atoms with Crippen LogP contribution in [0.3, 0.4) is 0 Å². The number of amides is 1. The molecule has 3 aromatic carbocycles. The third kappa shape index (κ3) is 3.71. The molecule has 1 aliphatic rings. The molecule has 0 N–H and O–H groups in total. The number of methoxy groups -OCH3 is 1. The van der Waals surface area contributed by atoms with Crippen molar-refractivity contribution in [3.63, 3.8) is 0 Å². The lowest BCUT2D eigenvalue weighted by Crippen LogP contribution is -2.32. The van der Waals surface area contributed by atoms with Gasteiger partial charge in [0, 0.05) is 10.6 Å². The number of hydrogen-bond donors (Lipinski definition) is 0. The molecule has 0 radical (unpaired) electrons. The number of carbonyl (C=O) groups is 1. The molecule has 0 spiro atoms. The second-order valence-corrected chi connectivity index (χ2v) is 8.30. The van der Waals surface area contributed by atoms with Crippen molar-refractivity contribution in [2.75, 3.05) is 12.0 Å². The van der Waals surface area contributed by atoms with Crippen molar-refractivity contribution in [3.8, 4) is 5.75 Å². The minimum Gasteiger partial charge on any atom is -0.497 e. The van der Waals surface area contributed by atoms with Crippen LogP contribution >= 0.6 is 22.9 Å². The van der Waals surface area contributed by atoms with Gasteiger partial charge < -0.3 is 4.74 Å². The molecule has 0 fully saturated rings. The van der Waals surface area contributed by atoms with E-state index in [2.05, 4.69) is 9.98 Å². The number of rotatable bonds is 4. The normalized spacial score (nSPS) is 15.0. The molecule has 0 unspecified atom stereocenters. The summed E-state index contributed by atoms with van der Waals surface area (Å²) in [5.41, 5.74) is 2.80. The molecule has 0 aliphatic carbocycles. The number of fused-ring (bicyclic) bond motifs is 1. The molecule has 31 heavy (non-hydrogen) atoms. The zero-order chi connectivity index (χ0) is 21.4. The predicted molar refractivity (Wildman–Crippen MR) is 126 cm³/mol. The molecule has 2 heterocycles. The molecule has 7 heteroatoms. The topological polar surface area (TPSA) is 54.8 Å². The molecule has 0 saturated carbocycles. The number of halogens is 1. The Morgan fingerprint density at radius 1 is 1.03 bits per heavy atom. The lowest BCUT2D eigenvalue weighted by molar-refractivity contribution is -0.113. The highest BCUT2D eigenvalue weighted by Crippen LogP contribution is 2.35. The maximum Gasteiger partial charge on any atom is 0.284 e. The summed E-state index contributed by atoms with van der Waals surface area (Å²) in [5.74, 6) is 1.08. The number of benzene rings is 3. The molecular weight excluding hydrogens is 430 g/mol. The van der Waals surface area contributed by atoms with Crippen LogP contribution in [0.1, 0.15) is 11.1 Å². The van der Waals surface area contributed by atoms with Gasteiger partial charge in [0.2, 0.25) is 0 Å². The summed E-state index contributed by atoms with van der Waals surface area (Å²) in [6.45, 7) is 0. The fraction of sp³-hybridized carbons (Fsp3) is 0.0417. The van der Waals surface area contributed by atoms with Gasteiger partial charge in [0.05, 0.1) is 17.3 Å². The smallest absolute Gasteiger partial charge is 0.284 e. The molecular formula is C24H16ClN3O2S. The molecule has 4 aromatic rings. The fourth-order valence-electron chi connectivity index (χ4n) is 3.32. The lowest BCUT2D eigenvalue weighted by Gasteiger charge is -2.14. The standard InChI is InChI=1S/C24H16ClN3O2S/c1-30-18-10-7-15(8-11-18)13-20-23(29)28(22(26-20)16-5-3-2-4-6-16)24-27-19-14-17(25)9-12-21(19)31-24/h2-14H,1H3. The molecule has 1 aromatic heterocycles. The Kier molecular flexibility index (Phi) is 5.02. The van der Waals surface area contributed by atoms with E-state index >= 15 is 0 Å². The van der Waals surface area contributed by atoms with Crippen molar-refractivity contribution in [2.45, 2.75) is 0 Å². The quantitative estimate of drug-likeness (QED) is 0.373. The Hall–Kier alpha value is -3.48. The minimum atomic E-state index is -0.222. The second kappa shape index (κ2) is 7.98. The van der Waals surface area contributed by atoms with Crippen LogP contribution in [-0.4, -0.2) is 23.8 Å². The van der Waals surface area contributed by atoms with Gasteiger partial charge in [-0.3, -0.25) is 4.79 Å². The van der Waals surface area contributed by atoms with E-state index in [-0.39, 0.29) is 5.91 Å². The Morgan fingerprint density at radius 2 is 1.81 bits per heavy atom. The van der Waals surface area contributed by atoms with Crippen molar-refractivity contribution in [3.05, 3.63) is 94.6 Å². The third-order valence-corrected chi connectivity index (χ3v) is 6.10. The predicted octanol–water partition coefficient (Wildman–Crippen LogP) is 5.79. The first-order valence-corrected chi connectivity index (χ1v) is 10.7. The van der Waals surface area contributed by atoms with Crippen LogP contribution in [0.15, 0.2) is 83.5 Å². The average molecular weight is 446 g/mol. The van der Waals surface area contributed by atoms with Crippen LogP contribution < -0.4 is 9.64 Å². The molecule has 5 nitrogen and oxygen atoms in total. The monoisotopic (exact) mass is 445 g/mol. The van der Waals surface area contributed by atoms with Gasteiger partial charge in [-0.05, 0) is 42.0 Å². The Balaban J connectivity index is 1.61. The average Bonchev–Trinajstić information content (AvgIpc) is 3.35. The Bertz CT molecular complexity index is 1340. The number of aliphatic imine (C=N–C) groups is 1. The zero-order valence-electron chi connectivity index (χ0n) is 16.4. The van der Waals surface area contributed by atoms with Gasteiger partial charge in [-0.1, -0.05) is 65.4 Å². The van der Waals surface area contributed by atoms with E-state index in [0.717, 1.165) is 27.1 Å². The highest BCUT2D eigenvalue weighted by molar-refractivity contribution is 7.22. The van der Waals surface area contributed by atoms with E-state index in [9.17, 15) is 4.79 Å². The maximum absolute atomic E-state index is 13.4. The van der Waals surface area contributed by atoms with Crippen molar-refractivity contribution in [1.82, 2.24) is 4.98 Å². The number of aromatic nitrogens is 1. The van der Waals surface area contributed by atoms with E-state index in [4.69, 9.17) is 16.3 Å². The number of nitrogens with zero attached hydrogens (tertiary/aromatic N) is 3. The third-order valence-electron chi connectivity index (χ3n) is 4.84. The van der Waals surface area contributed by atoms with Crippen LogP contribution in [0.5, 0.6) is 5.75 Å². The zero-order valence-corrected chi connectivity index (χ0v) is 18.0. The van der Waals surface area contributed by atoms with Crippen LogP contribution in [-0.2, 0) is 4.79 Å². The summed E-state index contributed by atoms with van der Waals surface area (Å²) in [6, 6.07) is 22.6. The highest BCUT2D eigenvalue weighted by atomic mass is 35.5. The van der Waals surface area contributed by atoms with Gasteiger partial charge in [-0.15, -0.1) is 0 Å². The lowest BCUT2D eigenvalue weighted by atomic mass is 10.2. The van der Waals surface area contributed by atoms with Crippen LogP contribution in [0.4, 0.5) is 5.13 Å². The van der Waals surface area contributed by atoms with Crippen molar-refractivity contribution >= 4 is 56.1 Å². The molecule has 0 saturated heterocycles. The molecule has 0 bridgehead atoms. The summed E-state index contributed by atoms with van der Waals surface area (Å²) in [5, 5.41) is 1.16. The van der Waals surface area contributed by atoms with E-state index in [1.807, 2.05) is 66.7 Å². The first-order chi connectivity index (χ1) is 15.1. The van der Waals surface area contributed by atoms with Gasteiger partial charge in [0.25, 0.3) is 5.91 Å². The Morgan fingerprint density at radius 3 is 2.55 bits per heavy atom. The number of hydrogen-bond acceptors (Lipinski definition) is 5. The van der Waals surface area contributed by atoms with Crippen molar-refractivity contribution in [1.29, 1.82) is 0 Å². The summed E-state index contributed by atoms with van der Waals surface area (Å²) in [6.07, 6.45) is 1.77. The molecule has 152 valence electrons. The van der Waals surface area contributed by atoms with Crippen LogP contribution in [0.25, 0.3) is 16.3 Å². The number of anilines is 1. The number of thiazole rings is 1. The van der Waals surface area contributed by atoms with E-state index < -0.39 is 0 Å². The molecule has 0 atom stereocenters. The molecule has 1 aliphatic heterocycles. The van der Waals surface area contributed by atoms with Crippen LogP contribution in [0, 0.1) is 0 Å². The summed E-state index contributed by atoms with van der Waals surface area (Å²) in [7, 11) is 1.62. The van der Waals surface area contributed by atoms with Crippen molar-refractivity contribution < 1.29 is 9.53 Å². The number of ether oxygens (including phenoxy) is 1. The highest BCUT2D eigenvalue weighted by Gasteiger charge is 2.34. The van der Waals surface area contributed by atoms with Gasteiger partial charge in [-0.25, -0.2) is 14.9 Å². The number of carbonyl (C=O) groups excluding carboxylic acids is 1.